The fraction of sp³-hybridized carbons (Fsp3) is 0.733. The van der Waals surface area contributed by atoms with Gasteiger partial charge in [-0.25, -0.2) is 8.42 Å². The van der Waals surface area contributed by atoms with E-state index in [1.165, 1.54) is 4.31 Å². The molecule has 2 unspecified atom stereocenters. The van der Waals surface area contributed by atoms with Crippen molar-refractivity contribution in [2.75, 3.05) is 19.6 Å². The summed E-state index contributed by atoms with van der Waals surface area (Å²) in [6, 6.07) is 0.0283. The number of nitrogens with two attached hydrogens (primary N) is 1. The lowest BCUT2D eigenvalue weighted by Gasteiger charge is -2.31. The number of H-pyrrole nitrogens is 1. The molecule has 1 aromatic rings. The molecular formula is C15H28ClN5O3S. The maximum absolute atomic E-state index is 12.9. The van der Waals surface area contributed by atoms with Crippen molar-refractivity contribution in [1.82, 2.24) is 19.8 Å². The molecule has 1 aliphatic rings. The Kier molecular flexibility index (Phi) is 7.86. The number of hydrogen-bond donors (Lipinski definition) is 3. The van der Waals surface area contributed by atoms with Crippen LogP contribution in [0.2, 0.25) is 0 Å². The first-order chi connectivity index (χ1) is 11.2. The number of rotatable bonds is 6. The van der Waals surface area contributed by atoms with Gasteiger partial charge in [-0.3, -0.25) is 9.89 Å². The van der Waals surface area contributed by atoms with Crippen LogP contribution in [0, 0.1) is 19.8 Å². The van der Waals surface area contributed by atoms with Crippen LogP contribution in [0.15, 0.2) is 4.90 Å². The molecule has 1 fully saturated rings. The van der Waals surface area contributed by atoms with Gasteiger partial charge in [-0.2, -0.15) is 9.40 Å². The number of hydrogen-bond acceptors (Lipinski definition) is 5. The van der Waals surface area contributed by atoms with Crippen LogP contribution in [0.3, 0.4) is 0 Å². The highest BCUT2D eigenvalue weighted by molar-refractivity contribution is 7.89. The first-order valence-corrected chi connectivity index (χ1v) is 9.72. The smallest absolute Gasteiger partial charge is 0.246 e. The summed E-state index contributed by atoms with van der Waals surface area (Å²) in [5.74, 6) is -0.426. The maximum Gasteiger partial charge on any atom is 0.246 e. The number of nitrogens with zero attached hydrogens (tertiary/aromatic N) is 2. The van der Waals surface area contributed by atoms with Gasteiger partial charge < -0.3 is 11.1 Å². The SMILES string of the molecule is Cc1n[nH]c(C)c1S(=O)(=O)N1CCCC(C(=O)NCCC(C)N)C1.Cl. The third-order valence-electron chi connectivity index (χ3n) is 4.31. The van der Waals surface area contributed by atoms with Crippen LogP contribution >= 0.6 is 12.4 Å². The molecule has 8 nitrogen and oxygen atoms in total. The summed E-state index contributed by atoms with van der Waals surface area (Å²) in [7, 11) is -3.64. The van der Waals surface area contributed by atoms with Crippen LogP contribution in [0.4, 0.5) is 0 Å². The molecule has 0 aliphatic carbocycles. The predicted molar refractivity (Wildman–Crippen MR) is 98.1 cm³/mol. The van der Waals surface area contributed by atoms with Crippen LogP contribution in [0.1, 0.15) is 37.6 Å². The topological polar surface area (TPSA) is 121 Å². The zero-order chi connectivity index (χ0) is 17.9. The molecule has 0 bridgehead atoms. The van der Waals surface area contributed by atoms with Crippen molar-refractivity contribution in [3.05, 3.63) is 11.4 Å². The fourth-order valence-corrected chi connectivity index (χ4v) is 4.85. The van der Waals surface area contributed by atoms with E-state index in [0.717, 1.165) is 0 Å². The molecule has 0 aromatic carbocycles. The number of nitrogens with one attached hydrogen (secondary N) is 2. The number of halogens is 1. The number of aryl methyl sites for hydroxylation is 2. The van der Waals surface area contributed by atoms with Crippen molar-refractivity contribution in [3.63, 3.8) is 0 Å². The van der Waals surface area contributed by atoms with E-state index in [0.29, 0.717) is 43.7 Å². The van der Waals surface area contributed by atoms with Crippen molar-refractivity contribution < 1.29 is 13.2 Å². The summed E-state index contributed by atoms with van der Waals surface area (Å²) in [6.45, 7) is 6.39. The molecule has 1 aromatic heterocycles. The molecule has 2 heterocycles. The fourth-order valence-electron chi connectivity index (χ4n) is 2.99. The Bertz CT molecular complexity index is 670. The number of sulfonamides is 1. The summed E-state index contributed by atoms with van der Waals surface area (Å²) < 4.78 is 27.2. The Morgan fingerprint density at radius 1 is 1.48 bits per heavy atom. The highest BCUT2D eigenvalue weighted by Crippen LogP contribution is 2.26. The van der Waals surface area contributed by atoms with E-state index in [2.05, 4.69) is 15.5 Å². The highest BCUT2D eigenvalue weighted by atomic mass is 35.5. The van der Waals surface area contributed by atoms with Crippen LogP contribution in [0.25, 0.3) is 0 Å². The van der Waals surface area contributed by atoms with Crippen molar-refractivity contribution in [2.24, 2.45) is 11.7 Å². The predicted octanol–water partition coefficient (Wildman–Crippen LogP) is 0.703. The lowest BCUT2D eigenvalue weighted by Crippen LogP contribution is -2.46. The molecule has 1 amide bonds. The third kappa shape index (κ3) is 5.16. The van der Waals surface area contributed by atoms with Crippen LogP contribution in [0.5, 0.6) is 0 Å². The van der Waals surface area contributed by atoms with Gasteiger partial charge >= 0.3 is 0 Å². The molecule has 4 N–H and O–H groups in total. The first kappa shape index (κ1) is 21.9. The molecule has 144 valence electrons. The van der Waals surface area contributed by atoms with E-state index >= 15 is 0 Å². The summed E-state index contributed by atoms with van der Waals surface area (Å²) in [5, 5.41) is 9.53. The lowest BCUT2D eigenvalue weighted by atomic mass is 9.99. The average Bonchev–Trinajstić information content (AvgIpc) is 2.86. The number of piperidine rings is 1. The Labute approximate surface area is 155 Å². The summed E-state index contributed by atoms with van der Waals surface area (Å²) in [4.78, 5) is 12.5. The Hall–Kier alpha value is -1.16. The van der Waals surface area contributed by atoms with Crippen LogP contribution in [-0.2, 0) is 14.8 Å². The van der Waals surface area contributed by atoms with Crippen LogP contribution in [-0.4, -0.2) is 54.5 Å². The minimum absolute atomic E-state index is 0. The highest BCUT2D eigenvalue weighted by Gasteiger charge is 2.35. The van der Waals surface area contributed by atoms with Gasteiger partial charge in [-0.15, -0.1) is 12.4 Å². The summed E-state index contributed by atoms with van der Waals surface area (Å²) >= 11 is 0. The second-order valence-corrected chi connectivity index (χ2v) is 8.40. The van der Waals surface area contributed by atoms with E-state index in [-0.39, 0.29) is 41.7 Å². The molecule has 0 radical (unpaired) electrons. The molecule has 2 atom stereocenters. The standard InChI is InChI=1S/C15H27N5O3S.ClH/c1-10(16)6-7-17-15(21)13-5-4-8-20(9-13)24(22,23)14-11(2)18-19-12(14)3;/h10,13H,4-9,16H2,1-3H3,(H,17,21)(H,18,19);1H. The Morgan fingerprint density at radius 2 is 2.16 bits per heavy atom. The summed E-state index contributed by atoms with van der Waals surface area (Å²) in [5.41, 5.74) is 6.65. The van der Waals surface area contributed by atoms with Crippen molar-refractivity contribution in [3.8, 4) is 0 Å². The van der Waals surface area contributed by atoms with Crippen LogP contribution < -0.4 is 11.1 Å². The van der Waals surface area contributed by atoms with E-state index in [9.17, 15) is 13.2 Å². The number of carbonyl (C=O) groups excluding carboxylic acids is 1. The van der Waals surface area contributed by atoms with Gasteiger partial charge in [0, 0.05) is 25.7 Å². The zero-order valence-electron chi connectivity index (χ0n) is 14.9. The number of amides is 1. The molecular weight excluding hydrogens is 366 g/mol. The molecule has 0 spiro atoms. The second-order valence-electron chi connectivity index (χ2n) is 6.52. The lowest BCUT2D eigenvalue weighted by molar-refractivity contribution is -0.126. The van der Waals surface area contributed by atoms with E-state index in [1.54, 1.807) is 13.8 Å². The normalized spacial score (nSPS) is 19.9. The van der Waals surface area contributed by atoms with Gasteiger partial charge in [0.25, 0.3) is 0 Å². The molecule has 1 saturated heterocycles. The summed E-state index contributed by atoms with van der Waals surface area (Å²) in [6.07, 6.45) is 2.06. The largest absolute Gasteiger partial charge is 0.356 e. The van der Waals surface area contributed by atoms with Crippen molar-refractivity contribution in [2.45, 2.75) is 51.0 Å². The minimum atomic E-state index is -3.64. The Morgan fingerprint density at radius 3 is 2.72 bits per heavy atom. The first-order valence-electron chi connectivity index (χ1n) is 8.28. The van der Waals surface area contributed by atoms with Gasteiger partial charge in [0.05, 0.1) is 17.3 Å². The Balaban J connectivity index is 0.00000312. The molecule has 0 saturated carbocycles. The maximum atomic E-state index is 12.9. The second kappa shape index (κ2) is 8.98. The molecule has 25 heavy (non-hydrogen) atoms. The van der Waals surface area contributed by atoms with E-state index < -0.39 is 10.0 Å². The molecule has 10 heteroatoms. The van der Waals surface area contributed by atoms with Crippen molar-refractivity contribution in [1.29, 1.82) is 0 Å². The van der Waals surface area contributed by atoms with Gasteiger partial charge in [0.1, 0.15) is 4.90 Å². The minimum Gasteiger partial charge on any atom is -0.356 e. The quantitative estimate of drug-likeness (QED) is 0.656. The number of aromatic amines is 1. The molecule has 1 aliphatic heterocycles. The van der Waals surface area contributed by atoms with Gasteiger partial charge in [-0.1, -0.05) is 0 Å². The zero-order valence-corrected chi connectivity index (χ0v) is 16.5. The molecule has 2 rings (SSSR count). The van der Waals surface area contributed by atoms with E-state index in [4.69, 9.17) is 5.73 Å². The van der Waals surface area contributed by atoms with Gasteiger partial charge in [0.15, 0.2) is 0 Å². The van der Waals surface area contributed by atoms with Gasteiger partial charge in [-0.05, 0) is 40.0 Å². The number of aromatic nitrogens is 2. The van der Waals surface area contributed by atoms with Gasteiger partial charge in [0.2, 0.25) is 15.9 Å². The van der Waals surface area contributed by atoms with Crippen molar-refractivity contribution >= 4 is 28.3 Å². The average molecular weight is 394 g/mol. The number of carbonyl (C=O) groups is 1. The monoisotopic (exact) mass is 393 g/mol. The third-order valence-corrected chi connectivity index (χ3v) is 6.44. The van der Waals surface area contributed by atoms with E-state index in [1.807, 2.05) is 6.92 Å².